The lowest BCUT2D eigenvalue weighted by Gasteiger charge is -2.23. The predicted molar refractivity (Wildman–Crippen MR) is 104 cm³/mol. The van der Waals surface area contributed by atoms with Crippen LogP contribution in [-0.2, 0) is 27.5 Å². The summed E-state index contributed by atoms with van der Waals surface area (Å²) < 4.78 is 75.5. The van der Waals surface area contributed by atoms with E-state index in [0.717, 1.165) is 12.1 Å². The molecule has 0 aliphatic rings. The van der Waals surface area contributed by atoms with E-state index in [1.807, 2.05) is 0 Å². The van der Waals surface area contributed by atoms with Gasteiger partial charge in [-0.1, -0.05) is 36.4 Å². The summed E-state index contributed by atoms with van der Waals surface area (Å²) in [5.74, 6) is -2.00. The fourth-order valence-corrected chi connectivity index (χ4v) is 3.74. The molecule has 3 N–H and O–H groups in total. The van der Waals surface area contributed by atoms with Crippen molar-refractivity contribution >= 4 is 16.1 Å². The van der Waals surface area contributed by atoms with E-state index in [0.29, 0.717) is 11.1 Å². The van der Waals surface area contributed by atoms with Crippen LogP contribution in [0.4, 0.5) is 13.2 Å². The van der Waals surface area contributed by atoms with Crippen molar-refractivity contribution in [2.75, 3.05) is 12.4 Å². The Morgan fingerprint density at radius 3 is 2.37 bits per heavy atom. The summed E-state index contributed by atoms with van der Waals surface area (Å²) in [5.41, 5.74) is 5.70. The monoisotopic (exact) mass is 445 g/mol. The van der Waals surface area contributed by atoms with E-state index in [4.69, 9.17) is 15.0 Å². The Balaban J connectivity index is 2.10. The molecule has 6 nitrogen and oxygen atoms in total. The van der Waals surface area contributed by atoms with Crippen molar-refractivity contribution in [3.05, 3.63) is 71.3 Å². The molecule has 2 aromatic rings. The molecule has 0 saturated heterocycles. The highest BCUT2D eigenvalue weighted by atomic mass is 32.2. The van der Waals surface area contributed by atoms with Crippen molar-refractivity contribution in [2.45, 2.75) is 25.1 Å². The Morgan fingerprint density at radius 2 is 1.77 bits per heavy atom. The number of benzene rings is 2. The fraction of sp³-hybridized carbons (Fsp3) is 0.350. The Morgan fingerprint density at radius 1 is 1.10 bits per heavy atom. The normalized spacial score (nSPS) is 14.2. The van der Waals surface area contributed by atoms with Gasteiger partial charge in [0.1, 0.15) is 0 Å². The van der Waals surface area contributed by atoms with E-state index in [9.17, 15) is 26.4 Å². The van der Waals surface area contributed by atoms with E-state index >= 15 is 0 Å². The van der Waals surface area contributed by atoms with Gasteiger partial charge in [0.25, 0.3) is 10.1 Å². The third kappa shape index (κ3) is 7.77. The average Bonchev–Trinajstić information content (AvgIpc) is 2.66. The second-order valence-electron chi connectivity index (χ2n) is 6.87. The van der Waals surface area contributed by atoms with Gasteiger partial charge >= 0.3 is 12.1 Å². The number of hydrogen-bond acceptors (Lipinski definition) is 5. The number of hydrogen-bond donors (Lipinski definition) is 2. The molecule has 30 heavy (non-hydrogen) atoms. The standard InChI is InChI=1S/C20H22F3NO5S/c21-20(22,23)17-8-4-5-14(12-17)11-16(18(24)13-30(26,27)28)9-10-29-19(25)15-6-2-1-3-7-15/h1-8,12,16,18H,9-11,13,24H2,(H,26,27,28). The number of alkyl halides is 3. The Kier molecular flexibility index (Phi) is 7.99. The van der Waals surface area contributed by atoms with Crippen LogP contribution in [0.1, 0.15) is 27.9 Å². The second kappa shape index (κ2) is 10.1. The van der Waals surface area contributed by atoms with Crippen molar-refractivity contribution in [3.8, 4) is 0 Å². The summed E-state index contributed by atoms with van der Waals surface area (Å²) in [5, 5.41) is 0. The SMILES string of the molecule is NC(CS(=O)(=O)O)C(CCOC(=O)c1ccccc1)Cc1cccc(C(F)(F)F)c1. The fourth-order valence-electron chi connectivity index (χ4n) is 2.98. The van der Waals surface area contributed by atoms with Gasteiger partial charge in [0, 0.05) is 6.04 Å². The minimum absolute atomic E-state index is 0.0174. The molecule has 0 aromatic heterocycles. The van der Waals surface area contributed by atoms with Crippen LogP contribution in [0, 0.1) is 5.92 Å². The first kappa shape index (κ1) is 23.8. The van der Waals surface area contributed by atoms with E-state index in [1.165, 1.54) is 12.1 Å². The Labute approximate surface area is 172 Å². The predicted octanol–water partition coefficient (Wildman–Crippen LogP) is 3.33. The molecule has 0 fully saturated rings. The highest BCUT2D eigenvalue weighted by Gasteiger charge is 2.31. The zero-order chi connectivity index (χ0) is 22.4. The molecule has 10 heteroatoms. The lowest BCUT2D eigenvalue weighted by Crippen LogP contribution is -2.38. The second-order valence-corrected chi connectivity index (χ2v) is 8.36. The largest absolute Gasteiger partial charge is 0.462 e. The molecule has 0 bridgehead atoms. The van der Waals surface area contributed by atoms with E-state index in [-0.39, 0.29) is 19.4 Å². The maximum Gasteiger partial charge on any atom is 0.416 e. The molecule has 0 spiro atoms. The van der Waals surface area contributed by atoms with Crippen LogP contribution < -0.4 is 5.73 Å². The summed E-state index contributed by atoms with van der Waals surface area (Å²) >= 11 is 0. The van der Waals surface area contributed by atoms with Gasteiger partial charge in [-0.15, -0.1) is 0 Å². The van der Waals surface area contributed by atoms with Crippen molar-refractivity contribution in [1.82, 2.24) is 0 Å². The first-order valence-corrected chi connectivity index (χ1v) is 10.7. The molecule has 0 aliphatic heterocycles. The van der Waals surface area contributed by atoms with Gasteiger partial charge in [0.2, 0.25) is 0 Å². The number of nitrogens with two attached hydrogens (primary N) is 1. The lowest BCUT2D eigenvalue weighted by atomic mass is 9.90. The molecule has 0 saturated carbocycles. The van der Waals surface area contributed by atoms with Gasteiger partial charge in [0.15, 0.2) is 0 Å². The van der Waals surface area contributed by atoms with Crippen LogP contribution in [0.3, 0.4) is 0 Å². The zero-order valence-electron chi connectivity index (χ0n) is 15.9. The van der Waals surface area contributed by atoms with Gasteiger partial charge in [0.05, 0.1) is 23.5 Å². The topological polar surface area (TPSA) is 107 Å². The van der Waals surface area contributed by atoms with Crippen LogP contribution >= 0.6 is 0 Å². The van der Waals surface area contributed by atoms with Gasteiger partial charge in [-0.05, 0) is 42.5 Å². The van der Waals surface area contributed by atoms with Crippen LogP contribution in [0.25, 0.3) is 0 Å². The number of rotatable bonds is 9. The van der Waals surface area contributed by atoms with Crippen molar-refractivity contribution in [3.63, 3.8) is 0 Å². The summed E-state index contributed by atoms with van der Waals surface area (Å²) in [6.45, 7) is -0.115. The first-order chi connectivity index (χ1) is 14.0. The van der Waals surface area contributed by atoms with Crippen LogP contribution in [0.15, 0.2) is 54.6 Å². The number of ether oxygens (including phenoxy) is 1. The minimum Gasteiger partial charge on any atom is -0.462 e. The van der Waals surface area contributed by atoms with Crippen molar-refractivity contribution in [2.24, 2.45) is 11.7 Å². The minimum atomic E-state index is -4.52. The lowest BCUT2D eigenvalue weighted by molar-refractivity contribution is -0.137. The van der Waals surface area contributed by atoms with E-state index in [1.54, 1.807) is 30.3 Å². The van der Waals surface area contributed by atoms with Crippen LogP contribution in [0.2, 0.25) is 0 Å². The van der Waals surface area contributed by atoms with Gasteiger partial charge in [-0.2, -0.15) is 21.6 Å². The van der Waals surface area contributed by atoms with Crippen LogP contribution in [-0.4, -0.2) is 37.3 Å². The molecular formula is C20H22F3NO5S. The molecule has 0 aliphatic carbocycles. The third-order valence-electron chi connectivity index (χ3n) is 4.49. The van der Waals surface area contributed by atoms with Crippen molar-refractivity contribution in [1.29, 1.82) is 0 Å². The molecule has 2 unspecified atom stereocenters. The Bertz CT molecular complexity index is 948. The summed E-state index contributed by atoms with van der Waals surface area (Å²) in [6.07, 6.45) is -4.40. The average molecular weight is 445 g/mol. The summed E-state index contributed by atoms with van der Waals surface area (Å²) in [6, 6.07) is 11.7. The van der Waals surface area contributed by atoms with Crippen LogP contribution in [0.5, 0.6) is 0 Å². The smallest absolute Gasteiger partial charge is 0.416 e. The van der Waals surface area contributed by atoms with Gasteiger partial charge in [-0.25, -0.2) is 4.79 Å². The maximum absolute atomic E-state index is 12.9. The summed E-state index contributed by atoms with van der Waals surface area (Å²) in [7, 11) is -4.39. The quantitative estimate of drug-likeness (QED) is 0.453. The highest BCUT2D eigenvalue weighted by molar-refractivity contribution is 7.85. The zero-order valence-corrected chi connectivity index (χ0v) is 16.7. The summed E-state index contributed by atoms with van der Waals surface area (Å²) in [4.78, 5) is 12.0. The molecule has 2 rings (SSSR count). The Hall–Kier alpha value is -2.43. The molecule has 0 amide bonds. The molecular weight excluding hydrogens is 423 g/mol. The maximum atomic E-state index is 12.9. The number of carbonyl (C=O) groups excluding carboxylic acids is 1. The molecule has 0 heterocycles. The number of carbonyl (C=O) groups is 1. The van der Waals surface area contributed by atoms with E-state index in [2.05, 4.69) is 0 Å². The highest BCUT2D eigenvalue weighted by Crippen LogP contribution is 2.30. The molecule has 0 radical (unpaired) electrons. The first-order valence-electron chi connectivity index (χ1n) is 9.05. The van der Waals surface area contributed by atoms with Gasteiger partial charge in [-0.3, -0.25) is 4.55 Å². The van der Waals surface area contributed by atoms with Crippen molar-refractivity contribution < 1.29 is 35.7 Å². The molecule has 2 aromatic carbocycles. The number of halogens is 3. The van der Waals surface area contributed by atoms with Gasteiger partial charge < -0.3 is 10.5 Å². The molecule has 164 valence electrons. The molecule has 2 atom stereocenters. The third-order valence-corrected chi connectivity index (χ3v) is 5.30. The number of esters is 1. The van der Waals surface area contributed by atoms with E-state index < -0.39 is 45.5 Å².